The van der Waals surface area contributed by atoms with Crippen molar-refractivity contribution in [3.63, 3.8) is 0 Å². The first-order valence-electron chi connectivity index (χ1n) is 4.86. The van der Waals surface area contributed by atoms with Crippen molar-refractivity contribution in [3.05, 3.63) is 22.7 Å². The van der Waals surface area contributed by atoms with Gasteiger partial charge in [0.25, 0.3) is 0 Å². The fraction of sp³-hybridized carbons (Fsp3) is 0.300. The van der Waals surface area contributed by atoms with Crippen LogP contribution in [0.4, 0.5) is 5.69 Å². The summed E-state index contributed by atoms with van der Waals surface area (Å²) in [7, 11) is 0. The summed E-state index contributed by atoms with van der Waals surface area (Å²) in [6, 6.07) is 3.42. The average molecular weight is 240 g/mol. The molecule has 0 unspecified atom stereocenters. The highest BCUT2D eigenvalue weighted by Crippen LogP contribution is 2.29. The van der Waals surface area contributed by atoms with Crippen LogP contribution in [0.5, 0.6) is 0 Å². The fourth-order valence-electron chi connectivity index (χ4n) is 1.36. The van der Waals surface area contributed by atoms with E-state index in [4.69, 9.17) is 15.3 Å². The van der Waals surface area contributed by atoms with Crippen LogP contribution in [0.3, 0.4) is 0 Å². The number of nitrogen functional groups attached to an aromatic ring is 1. The molecule has 0 saturated carbocycles. The Bertz CT molecular complexity index is 546. The molecule has 0 radical (unpaired) electrons. The molecule has 0 saturated heterocycles. The maximum absolute atomic E-state index is 11.0. The highest BCUT2D eigenvalue weighted by molar-refractivity contribution is 7.99. The molecular weight excluding hydrogens is 228 g/mol. The van der Waals surface area contributed by atoms with E-state index in [1.807, 2.05) is 0 Å². The molecular formula is C10H12N2O3S. The summed E-state index contributed by atoms with van der Waals surface area (Å²) in [5.41, 5.74) is 7.51. The Morgan fingerprint density at radius 2 is 2.31 bits per heavy atom. The van der Waals surface area contributed by atoms with Crippen LogP contribution in [0.15, 0.2) is 26.2 Å². The zero-order chi connectivity index (χ0) is 11.5. The standard InChI is InChI=1S/C10H12N2O3S/c11-6-4-8-7(12-10(14)15-8)5-9(6)16-3-1-2-13/h4-5,13H,1-3,11H2,(H,12,14). The monoisotopic (exact) mass is 240 g/mol. The molecule has 1 aromatic heterocycles. The van der Waals surface area contributed by atoms with Gasteiger partial charge in [-0.3, -0.25) is 4.98 Å². The third kappa shape index (κ3) is 2.23. The lowest BCUT2D eigenvalue weighted by atomic mass is 10.3. The highest BCUT2D eigenvalue weighted by Gasteiger charge is 2.06. The molecule has 6 heteroatoms. The SMILES string of the molecule is Nc1cc2oc(=O)[nH]c2cc1SCCCO. The van der Waals surface area contributed by atoms with E-state index in [2.05, 4.69) is 4.98 Å². The van der Waals surface area contributed by atoms with E-state index in [1.165, 1.54) is 0 Å². The number of oxazole rings is 1. The van der Waals surface area contributed by atoms with E-state index < -0.39 is 5.76 Å². The van der Waals surface area contributed by atoms with Crippen molar-refractivity contribution in [1.29, 1.82) is 0 Å². The molecule has 86 valence electrons. The molecule has 0 aliphatic rings. The van der Waals surface area contributed by atoms with E-state index >= 15 is 0 Å². The summed E-state index contributed by atoms with van der Waals surface area (Å²) >= 11 is 1.55. The number of hydrogen-bond donors (Lipinski definition) is 3. The molecule has 1 aromatic carbocycles. The number of rotatable bonds is 4. The van der Waals surface area contributed by atoms with Gasteiger partial charge >= 0.3 is 5.76 Å². The Kier molecular flexibility index (Phi) is 3.21. The van der Waals surface area contributed by atoms with Gasteiger partial charge in [0, 0.05) is 29.0 Å². The Morgan fingerprint density at radius 1 is 1.50 bits per heavy atom. The summed E-state index contributed by atoms with van der Waals surface area (Å²) in [6.45, 7) is 0.164. The second-order valence-electron chi connectivity index (χ2n) is 3.33. The smallest absolute Gasteiger partial charge is 0.408 e. The van der Waals surface area contributed by atoms with Gasteiger partial charge in [0.2, 0.25) is 0 Å². The van der Waals surface area contributed by atoms with Crippen molar-refractivity contribution in [2.45, 2.75) is 11.3 Å². The lowest BCUT2D eigenvalue weighted by Crippen LogP contribution is -1.93. The van der Waals surface area contributed by atoms with Crippen molar-refractivity contribution in [3.8, 4) is 0 Å². The quantitative estimate of drug-likeness (QED) is 0.424. The minimum absolute atomic E-state index is 0.164. The van der Waals surface area contributed by atoms with Crippen LogP contribution >= 0.6 is 11.8 Å². The number of aliphatic hydroxyl groups excluding tert-OH is 1. The van der Waals surface area contributed by atoms with Crippen molar-refractivity contribution in [2.24, 2.45) is 0 Å². The van der Waals surface area contributed by atoms with Gasteiger partial charge in [-0.2, -0.15) is 0 Å². The van der Waals surface area contributed by atoms with Gasteiger partial charge < -0.3 is 15.3 Å². The van der Waals surface area contributed by atoms with Gasteiger partial charge in [0.05, 0.1) is 5.52 Å². The molecule has 0 aliphatic carbocycles. The van der Waals surface area contributed by atoms with Crippen LogP contribution in [0.2, 0.25) is 0 Å². The van der Waals surface area contributed by atoms with Crippen LogP contribution in [0, 0.1) is 0 Å². The summed E-state index contributed by atoms with van der Waals surface area (Å²) in [5.74, 6) is 0.306. The van der Waals surface area contributed by atoms with Gasteiger partial charge in [-0.15, -0.1) is 11.8 Å². The Labute approximate surface area is 95.6 Å². The number of H-pyrrole nitrogens is 1. The largest absolute Gasteiger partial charge is 0.417 e. The van der Waals surface area contributed by atoms with Crippen molar-refractivity contribution >= 4 is 28.5 Å². The van der Waals surface area contributed by atoms with Crippen molar-refractivity contribution < 1.29 is 9.52 Å². The number of nitrogens with two attached hydrogens (primary N) is 1. The maximum atomic E-state index is 11.0. The summed E-state index contributed by atoms with van der Waals surface area (Å²) in [5, 5.41) is 8.68. The summed E-state index contributed by atoms with van der Waals surface area (Å²) in [4.78, 5) is 14.4. The van der Waals surface area contributed by atoms with Crippen LogP contribution in [0.1, 0.15) is 6.42 Å². The molecule has 2 rings (SSSR count). The Morgan fingerprint density at radius 3 is 3.06 bits per heavy atom. The van der Waals surface area contributed by atoms with E-state index in [-0.39, 0.29) is 6.61 Å². The molecule has 0 atom stereocenters. The molecule has 16 heavy (non-hydrogen) atoms. The number of anilines is 1. The lowest BCUT2D eigenvalue weighted by Gasteiger charge is -2.03. The molecule has 0 amide bonds. The van der Waals surface area contributed by atoms with E-state index in [9.17, 15) is 4.79 Å². The zero-order valence-corrected chi connectivity index (χ0v) is 9.34. The van der Waals surface area contributed by atoms with Crippen LogP contribution in [-0.4, -0.2) is 22.5 Å². The predicted molar refractivity (Wildman–Crippen MR) is 63.7 cm³/mol. The molecule has 1 heterocycles. The number of benzene rings is 1. The molecule has 0 aliphatic heterocycles. The first-order valence-corrected chi connectivity index (χ1v) is 5.85. The fourth-order valence-corrected chi connectivity index (χ4v) is 2.28. The van der Waals surface area contributed by atoms with E-state index in [0.29, 0.717) is 23.2 Å². The maximum Gasteiger partial charge on any atom is 0.417 e. The number of aromatic amines is 1. The number of thioether (sulfide) groups is 1. The number of hydrogen-bond acceptors (Lipinski definition) is 5. The third-order valence-corrected chi connectivity index (χ3v) is 3.27. The van der Waals surface area contributed by atoms with Crippen molar-refractivity contribution in [1.82, 2.24) is 4.98 Å². The molecule has 0 bridgehead atoms. The van der Waals surface area contributed by atoms with Gasteiger partial charge in [-0.1, -0.05) is 0 Å². The normalized spacial score (nSPS) is 11.1. The minimum atomic E-state index is -0.480. The first kappa shape index (κ1) is 11.1. The molecule has 0 fully saturated rings. The van der Waals surface area contributed by atoms with Gasteiger partial charge in [-0.25, -0.2) is 4.79 Å². The topological polar surface area (TPSA) is 92.2 Å². The van der Waals surface area contributed by atoms with E-state index in [1.54, 1.807) is 23.9 Å². The summed E-state index contributed by atoms with van der Waals surface area (Å²) < 4.78 is 4.89. The van der Waals surface area contributed by atoms with Gasteiger partial charge in [0.15, 0.2) is 5.58 Å². The second-order valence-corrected chi connectivity index (χ2v) is 4.46. The summed E-state index contributed by atoms with van der Waals surface area (Å²) in [6.07, 6.45) is 0.712. The molecule has 4 N–H and O–H groups in total. The van der Waals surface area contributed by atoms with Crippen LogP contribution in [0.25, 0.3) is 11.1 Å². The van der Waals surface area contributed by atoms with Crippen LogP contribution < -0.4 is 11.5 Å². The minimum Gasteiger partial charge on any atom is -0.408 e. The van der Waals surface area contributed by atoms with Gasteiger partial charge in [0.1, 0.15) is 0 Å². The highest BCUT2D eigenvalue weighted by atomic mass is 32.2. The number of fused-ring (bicyclic) bond motifs is 1. The Hall–Kier alpha value is -1.40. The van der Waals surface area contributed by atoms with Crippen LogP contribution in [-0.2, 0) is 0 Å². The lowest BCUT2D eigenvalue weighted by molar-refractivity contribution is 0.296. The van der Waals surface area contributed by atoms with E-state index in [0.717, 1.165) is 10.6 Å². The number of aromatic nitrogens is 1. The van der Waals surface area contributed by atoms with Crippen molar-refractivity contribution in [2.75, 3.05) is 18.1 Å². The number of aliphatic hydroxyl groups is 1. The molecule has 0 spiro atoms. The first-order chi connectivity index (χ1) is 7.70. The second kappa shape index (κ2) is 4.63. The zero-order valence-electron chi connectivity index (χ0n) is 8.53. The molecule has 2 aromatic rings. The molecule has 5 nitrogen and oxygen atoms in total. The number of nitrogens with one attached hydrogen (secondary N) is 1. The Balaban J connectivity index is 2.30. The average Bonchev–Trinajstić information content (AvgIpc) is 2.58. The van der Waals surface area contributed by atoms with Gasteiger partial charge in [-0.05, 0) is 12.5 Å². The predicted octanol–water partition coefficient (Wildman–Crippen LogP) is 1.18. The third-order valence-electron chi connectivity index (χ3n) is 2.11.